The number of anilines is 1. The lowest BCUT2D eigenvalue weighted by molar-refractivity contribution is 0.0231. The molecule has 0 unspecified atom stereocenters. The van der Waals surface area contributed by atoms with Crippen LogP contribution >= 0.6 is 0 Å². The van der Waals surface area contributed by atoms with E-state index >= 15 is 0 Å². The molecule has 17 heavy (non-hydrogen) atoms. The Morgan fingerprint density at radius 1 is 1.29 bits per heavy atom. The average molecular weight is 237 g/mol. The van der Waals surface area contributed by atoms with Crippen molar-refractivity contribution in [3.63, 3.8) is 0 Å². The summed E-state index contributed by atoms with van der Waals surface area (Å²) in [5, 5.41) is 0. The highest BCUT2D eigenvalue weighted by Crippen LogP contribution is 2.22. The van der Waals surface area contributed by atoms with Gasteiger partial charge in [-0.1, -0.05) is 6.07 Å². The molecule has 0 saturated heterocycles. The molecule has 3 heteroatoms. The topological polar surface area (TPSA) is 44.5 Å². The lowest BCUT2D eigenvalue weighted by Gasteiger charge is -2.27. The highest BCUT2D eigenvalue weighted by molar-refractivity contribution is 5.43. The van der Waals surface area contributed by atoms with Gasteiger partial charge in [0, 0.05) is 18.2 Å². The second-order valence-corrected chi connectivity index (χ2v) is 5.10. The molecule has 1 aromatic rings. The van der Waals surface area contributed by atoms with Gasteiger partial charge < -0.3 is 15.2 Å². The molecule has 0 fully saturated rings. The Hall–Kier alpha value is -1.22. The molecular formula is C14H23NO2. The quantitative estimate of drug-likeness (QED) is 0.772. The Morgan fingerprint density at radius 3 is 2.59 bits per heavy atom. The highest BCUT2D eigenvalue weighted by Gasteiger charge is 2.19. The summed E-state index contributed by atoms with van der Waals surface area (Å²) in [4.78, 5) is 0. The van der Waals surface area contributed by atoms with Crippen molar-refractivity contribution in [3.8, 4) is 5.75 Å². The van der Waals surface area contributed by atoms with E-state index in [-0.39, 0.29) is 11.7 Å². The Kier molecular flexibility index (Phi) is 4.82. The minimum atomic E-state index is -0.247. The number of benzene rings is 1. The molecule has 0 bridgehead atoms. The molecule has 96 valence electrons. The molecule has 2 N–H and O–H groups in total. The molecule has 0 saturated carbocycles. The fourth-order valence-corrected chi connectivity index (χ4v) is 1.49. The fourth-order valence-electron chi connectivity index (χ4n) is 1.49. The Balaban J connectivity index is 2.48. The molecule has 0 amide bonds. The minimum Gasteiger partial charge on any atom is -0.488 e. The van der Waals surface area contributed by atoms with Crippen LogP contribution in [0.4, 0.5) is 5.69 Å². The number of rotatable bonds is 6. The summed E-state index contributed by atoms with van der Waals surface area (Å²) in [5.74, 6) is 0.805. The van der Waals surface area contributed by atoms with E-state index in [0.717, 1.165) is 17.9 Å². The molecule has 0 spiro atoms. The Labute approximate surface area is 104 Å². The Bertz CT molecular complexity index is 348. The van der Waals surface area contributed by atoms with Crippen molar-refractivity contribution in [1.82, 2.24) is 0 Å². The van der Waals surface area contributed by atoms with Gasteiger partial charge in [-0.15, -0.1) is 0 Å². The van der Waals surface area contributed by atoms with Crippen molar-refractivity contribution in [2.75, 3.05) is 12.3 Å². The number of hydrogen-bond donors (Lipinski definition) is 1. The molecule has 0 radical (unpaired) electrons. The van der Waals surface area contributed by atoms with E-state index in [1.807, 2.05) is 38.1 Å². The van der Waals surface area contributed by atoms with Gasteiger partial charge in [0.25, 0.3) is 0 Å². The van der Waals surface area contributed by atoms with Gasteiger partial charge in [-0.3, -0.25) is 0 Å². The maximum absolute atomic E-state index is 5.90. The number of nitrogens with two attached hydrogens (primary N) is 1. The summed E-state index contributed by atoms with van der Waals surface area (Å²) in [6.45, 7) is 8.88. The summed E-state index contributed by atoms with van der Waals surface area (Å²) >= 11 is 0. The molecule has 0 aliphatic carbocycles. The van der Waals surface area contributed by atoms with Gasteiger partial charge in [0.2, 0.25) is 0 Å². The summed E-state index contributed by atoms with van der Waals surface area (Å²) in [6, 6.07) is 7.50. The second-order valence-electron chi connectivity index (χ2n) is 5.10. The first-order valence-corrected chi connectivity index (χ1v) is 6.05. The zero-order valence-electron chi connectivity index (χ0n) is 11.2. The van der Waals surface area contributed by atoms with E-state index in [4.69, 9.17) is 15.2 Å². The van der Waals surface area contributed by atoms with Crippen LogP contribution in [0.3, 0.4) is 0 Å². The van der Waals surface area contributed by atoms with Crippen molar-refractivity contribution >= 4 is 5.69 Å². The van der Waals surface area contributed by atoms with Crippen LogP contribution in [0.15, 0.2) is 24.3 Å². The van der Waals surface area contributed by atoms with Gasteiger partial charge >= 0.3 is 0 Å². The van der Waals surface area contributed by atoms with Gasteiger partial charge in [0.15, 0.2) is 0 Å². The lowest BCUT2D eigenvalue weighted by Crippen LogP contribution is -2.30. The molecule has 0 aromatic heterocycles. The number of nitrogen functional groups attached to an aromatic ring is 1. The van der Waals surface area contributed by atoms with E-state index < -0.39 is 0 Å². The SMILES string of the molecule is CC(C)OCCC(C)(C)Oc1cccc(N)c1. The van der Waals surface area contributed by atoms with Crippen LogP contribution < -0.4 is 10.5 Å². The first kappa shape index (κ1) is 13.8. The maximum atomic E-state index is 5.90. The van der Waals surface area contributed by atoms with E-state index in [9.17, 15) is 0 Å². The van der Waals surface area contributed by atoms with E-state index in [1.54, 1.807) is 0 Å². The van der Waals surface area contributed by atoms with Crippen LogP contribution in [0.2, 0.25) is 0 Å². The second kappa shape index (κ2) is 5.92. The molecule has 0 heterocycles. The summed E-state index contributed by atoms with van der Waals surface area (Å²) in [5.41, 5.74) is 6.18. The zero-order chi connectivity index (χ0) is 12.9. The van der Waals surface area contributed by atoms with Crippen molar-refractivity contribution in [2.45, 2.75) is 45.8 Å². The fraction of sp³-hybridized carbons (Fsp3) is 0.571. The molecule has 0 aliphatic rings. The zero-order valence-corrected chi connectivity index (χ0v) is 11.2. The molecule has 0 atom stereocenters. The van der Waals surface area contributed by atoms with Gasteiger partial charge in [-0.05, 0) is 39.8 Å². The summed E-state index contributed by atoms with van der Waals surface area (Å²) < 4.78 is 11.4. The molecular weight excluding hydrogens is 214 g/mol. The largest absolute Gasteiger partial charge is 0.488 e. The van der Waals surface area contributed by atoms with Crippen LogP contribution in [-0.2, 0) is 4.74 Å². The van der Waals surface area contributed by atoms with Crippen LogP contribution in [0.1, 0.15) is 34.1 Å². The molecule has 1 aromatic carbocycles. The molecule has 3 nitrogen and oxygen atoms in total. The number of ether oxygens (including phenoxy) is 2. The lowest BCUT2D eigenvalue weighted by atomic mass is 10.1. The highest BCUT2D eigenvalue weighted by atomic mass is 16.5. The standard InChI is InChI=1S/C14H23NO2/c1-11(2)16-9-8-14(3,4)17-13-7-5-6-12(15)10-13/h5-7,10-11H,8-9,15H2,1-4H3. The molecule has 0 aliphatic heterocycles. The average Bonchev–Trinajstić information content (AvgIpc) is 2.15. The molecule has 1 rings (SSSR count). The van der Waals surface area contributed by atoms with Crippen LogP contribution in [0.5, 0.6) is 5.75 Å². The third-order valence-corrected chi connectivity index (χ3v) is 2.41. The monoisotopic (exact) mass is 237 g/mol. The van der Waals surface area contributed by atoms with Crippen molar-refractivity contribution < 1.29 is 9.47 Å². The van der Waals surface area contributed by atoms with Gasteiger partial charge in [0.05, 0.1) is 12.7 Å². The third kappa shape index (κ3) is 5.59. The smallest absolute Gasteiger partial charge is 0.122 e. The van der Waals surface area contributed by atoms with Gasteiger partial charge in [-0.25, -0.2) is 0 Å². The summed E-state index contributed by atoms with van der Waals surface area (Å²) in [7, 11) is 0. The van der Waals surface area contributed by atoms with Gasteiger partial charge in [-0.2, -0.15) is 0 Å². The predicted molar refractivity (Wildman–Crippen MR) is 71.3 cm³/mol. The predicted octanol–water partition coefficient (Wildman–Crippen LogP) is 3.24. The number of hydrogen-bond acceptors (Lipinski definition) is 3. The van der Waals surface area contributed by atoms with Crippen molar-refractivity contribution in [2.24, 2.45) is 0 Å². The minimum absolute atomic E-state index is 0.247. The van der Waals surface area contributed by atoms with E-state index in [1.165, 1.54) is 0 Å². The maximum Gasteiger partial charge on any atom is 0.122 e. The van der Waals surface area contributed by atoms with Crippen LogP contribution in [0, 0.1) is 0 Å². The van der Waals surface area contributed by atoms with Gasteiger partial charge in [0.1, 0.15) is 11.4 Å². The van der Waals surface area contributed by atoms with E-state index in [2.05, 4.69) is 13.8 Å². The summed E-state index contributed by atoms with van der Waals surface area (Å²) in [6.07, 6.45) is 1.11. The first-order valence-electron chi connectivity index (χ1n) is 6.05. The Morgan fingerprint density at radius 2 is 2.00 bits per heavy atom. The van der Waals surface area contributed by atoms with Crippen molar-refractivity contribution in [1.29, 1.82) is 0 Å². The van der Waals surface area contributed by atoms with Crippen LogP contribution in [-0.4, -0.2) is 18.3 Å². The third-order valence-electron chi connectivity index (χ3n) is 2.41. The van der Waals surface area contributed by atoms with Crippen molar-refractivity contribution in [3.05, 3.63) is 24.3 Å². The first-order chi connectivity index (χ1) is 7.89. The van der Waals surface area contributed by atoms with E-state index in [0.29, 0.717) is 6.61 Å². The normalized spacial score (nSPS) is 11.8. The van der Waals surface area contributed by atoms with Crippen LogP contribution in [0.25, 0.3) is 0 Å².